The number of nitrogens with zero attached hydrogens (tertiary/aromatic N) is 4. The van der Waals surface area contributed by atoms with Crippen LogP contribution in [-0.2, 0) is 17.9 Å². The van der Waals surface area contributed by atoms with Crippen LogP contribution in [0.3, 0.4) is 0 Å². The van der Waals surface area contributed by atoms with Crippen LogP contribution in [0.5, 0.6) is 5.88 Å². The van der Waals surface area contributed by atoms with E-state index in [4.69, 9.17) is 14.6 Å². The van der Waals surface area contributed by atoms with E-state index >= 15 is 0 Å². The number of benzene rings is 2. The summed E-state index contributed by atoms with van der Waals surface area (Å²) >= 11 is 1.32. The number of nitrogens with one attached hydrogen (secondary N) is 1. The first-order valence-corrected chi connectivity index (χ1v) is 12.2. The molecule has 0 saturated heterocycles. The minimum atomic E-state index is -0.183. The summed E-state index contributed by atoms with van der Waals surface area (Å²) in [6, 6.07) is 19.9. The molecule has 0 unspecified atom stereocenters. The van der Waals surface area contributed by atoms with Crippen molar-refractivity contribution in [2.24, 2.45) is 0 Å². The Labute approximate surface area is 212 Å². The van der Waals surface area contributed by atoms with E-state index in [1.54, 1.807) is 14.2 Å². The van der Waals surface area contributed by atoms with E-state index in [1.165, 1.54) is 11.3 Å². The summed E-state index contributed by atoms with van der Waals surface area (Å²) in [5.74, 6) is 0.767. The number of ether oxygens (including phenoxy) is 2. The molecule has 5 aromatic rings. The SMILES string of the molecule is COCc1nc(OC)c2c(C)c(C(=O)NCc3cn(-c4ccccc4)nc3-c3ccccc3)sc2n1. The van der Waals surface area contributed by atoms with Crippen LogP contribution >= 0.6 is 11.3 Å². The average Bonchev–Trinajstić information content (AvgIpc) is 3.49. The van der Waals surface area contributed by atoms with Crippen molar-refractivity contribution in [3.63, 3.8) is 0 Å². The van der Waals surface area contributed by atoms with Gasteiger partial charge in [0, 0.05) is 31.0 Å². The molecule has 3 heterocycles. The lowest BCUT2D eigenvalue weighted by Crippen LogP contribution is -2.22. The molecule has 0 aliphatic heterocycles. The maximum absolute atomic E-state index is 13.3. The minimum absolute atomic E-state index is 0.183. The Morgan fingerprint density at radius 1 is 1.03 bits per heavy atom. The Kier molecular flexibility index (Phi) is 6.75. The molecule has 0 bridgehead atoms. The number of aryl methyl sites for hydroxylation is 1. The minimum Gasteiger partial charge on any atom is -0.480 e. The second-order valence-corrected chi connectivity index (χ2v) is 9.15. The molecule has 8 nitrogen and oxygen atoms in total. The van der Waals surface area contributed by atoms with E-state index in [2.05, 4.69) is 15.3 Å². The van der Waals surface area contributed by atoms with Crippen LogP contribution in [0, 0.1) is 6.92 Å². The van der Waals surface area contributed by atoms with Gasteiger partial charge >= 0.3 is 0 Å². The zero-order valence-corrected chi connectivity index (χ0v) is 21.0. The molecule has 0 aliphatic carbocycles. The molecule has 0 aliphatic rings. The smallest absolute Gasteiger partial charge is 0.261 e. The van der Waals surface area contributed by atoms with Crippen LogP contribution in [0.25, 0.3) is 27.2 Å². The number of thiophene rings is 1. The number of amides is 1. The summed E-state index contributed by atoms with van der Waals surface area (Å²) < 4.78 is 12.5. The fourth-order valence-electron chi connectivity index (χ4n) is 4.05. The van der Waals surface area contributed by atoms with Crippen LogP contribution in [0.4, 0.5) is 0 Å². The van der Waals surface area contributed by atoms with Gasteiger partial charge in [-0.2, -0.15) is 10.1 Å². The lowest BCUT2D eigenvalue weighted by atomic mass is 10.1. The Balaban J connectivity index is 1.45. The predicted octanol–water partition coefficient (Wildman–Crippen LogP) is 4.94. The van der Waals surface area contributed by atoms with E-state index in [-0.39, 0.29) is 12.5 Å². The highest BCUT2D eigenvalue weighted by Crippen LogP contribution is 2.35. The Bertz CT molecular complexity index is 1510. The summed E-state index contributed by atoms with van der Waals surface area (Å²) in [7, 11) is 3.15. The van der Waals surface area contributed by atoms with Crippen molar-refractivity contribution in [3.8, 4) is 22.8 Å². The molecular weight excluding hydrogens is 474 g/mol. The van der Waals surface area contributed by atoms with Gasteiger partial charge in [-0.05, 0) is 24.6 Å². The van der Waals surface area contributed by atoms with Crippen LogP contribution < -0.4 is 10.1 Å². The number of para-hydroxylation sites is 1. The zero-order valence-electron chi connectivity index (χ0n) is 20.2. The third kappa shape index (κ3) is 4.58. The summed E-state index contributed by atoms with van der Waals surface area (Å²) in [6.45, 7) is 2.47. The van der Waals surface area contributed by atoms with Crippen molar-refractivity contribution in [2.45, 2.75) is 20.1 Å². The second-order valence-electron chi connectivity index (χ2n) is 8.15. The summed E-state index contributed by atoms with van der Waals surface area (Å²) in [5.41, 5.74) is 4.46. The van der Waals surface area contributed by atoms with Crippen molar-refractivity contribution in [1.82, 2.24) is 25.1 Å². The molecule has 36 heavy (non-hydrogen) atoms. The Morgan fingerprint density at radius 3 is 2.44 bits per heavy atom. The van der Waals surface area contributed by atoms with Crippen molar-refractivity contribution < 1.29 is 14.3 Å². The first-order valence-electron chi connectivity index (χ1n) is 11.4. The number of carbonyl (C=O) groups excluding carboxylic acids is 1. The lowest BCUT2D eigenvalue weighted by Gasteiger charge is -2.06. The average molecular weight is 500 g/mol. The maximum Gasteiger partial charge on any atom is 0.261 e. The number of hydrogen-bond donors (Lipinski definition) is 1. The predicted molar refractivity (Wildman–Crippen MR) is 140 cm³/mol. The molecule has 3 aromatic heterocycles. The van der Waals surface area contributed by atoms with Gasteiger partial charge in [0.25, 0.3) is 5.91 Å². The molecule has 1 amide bonds. The number of methoxy groups -OCH3 is 2. The largest absolute Gasteiger partial charge is 0.480 e. The topological polar surface area (TPSA) is 91.2 Å². The molecule has 0 fully saturated rings. The van der Waals surface area contributed by atoms with Gasteiger partial charge in [-0.1, -0.05) is 48.5 Å². The number of carbonyl (C=O) groups is 1. The fraction of sp³-hybridized carbons (Fsp3) is 0.185. The first kappa shape index (κ1) is 23.7. The second kappa shape index (κ2) is 10.3. The summed E-state index contributed by atoms with van der Waals surface area (Å²) in [6.07, 6.45) is 1.96. The normalized spacial score (nSPS) is 11.1. The van der Waals surface area contributed by atoms with Gasteiger partial charge < -0.3 is 14.8 Å². The van der Waals surface area contributed by atoms with Gasteiger partial charge in [0.2, 0.25) is 5.88 Å². The molecule has 0 saturated carbocycles. The molecule has 182 valence electrons. The van der Waals surface area contributed by atoms with Gasteiger partial charge in [-0.3, -0.25) is 4.79 Å². The monoisotopic (exact) mass is 499 g/mol. The zero-order chi connectivity index (χ0) is 25.1. The van der Waals surface area contributed by atoms with Crippen molar-refractivity contribution in [2.75, 3.05) is 14.2 Å². The van der Waals surface area contributed by atoms with E-state index in [9.17, 15) is 4.79 Å². The third-order valence-electron chi connectivity index (χ3n) is 5.77. The fourth-order valence-corrected chi connectivity index (χ4v) is 5.16. The molecule has 5 rings (SSSR count). The Hall–Kier alpha value is -4.08. The van der Waals surface area contributed by atoms with E-state index in [1.807, 2.05) is 78.5 Å². The highest BCUT2D eigenvalue weighted by Gasteiger charge is 2.22. The molecule has 0 radical (unpaired) electrons. The quantitative estimate of drug-likeness (QED) is 0.325. The van der Waals surface area contributed by atoms with Gasteiger partial charge in [-0.25, -0.2) is 9.67 Å². The summed E-state index contributed by atoms with van der Waals surface area (Å²) in [4.78, 5) is 23.5. The van der Waals surface area contributed by atoms with E-state index in [0.29, 0.717) is 28.0 Å². The standard InChI is InChI=1S/C27H25N5O3S/c1-17-22-26(35-3)29-21(16-34-2)30-27(22)36-24(17)25(33)28-14-19-15-32(20-12-8-5-9-13-20)31-23(19)18-10-6-4-7-11-18/h4-13,15H,14,16H2,1-3H3,(H,28,33). The third-order valence-corrected chi connectivity index (χ3v) is 6.96. The highest BCUT2D eigenvalue weighted by atomic mass is 32.1. The molecule has 1 N–H and O–H groups in total. The van der Waals surface area contributed by atoms with Crippen molar-refractivity contribution >= 4 is 27.5 Å². The van der Waals surface area contributed by atoms with Gasteiger partial charge in [0.05, 0.1) is 28.8 Å². The number of aromatic nitrogens is 4. The van der Waals surface area contributed by atoms with E-state index < -0.39 is 0 Å². The van der Waals surface area contributed by atoms with Crippen LogP contribution in [0.2, 0.25) is 0 Å². The number of rotatable bonds is 8. The Morgan fingerprint density at radius 2 is 1.75 bits per heavy atom. The maximum atomic E-state index is 13.3. The van der Waals surface area contributed by atoms with Crippen LogP contribution in [-0.4, -0.2) is 39.9 Å². The molecule has 9 heteroatoms. The molecule has 0 spiro atoms. The van der Waals surface area contributed by atoms with Crippen molar-refractivity contribution in [1.29, 1.82) is 0 Å². The highest BCUT2D eigenvalue weighted by molar-refractivity contribution is 7.20. The van der Waals surface area contributed by atoms with Gasteiger partial charge in [0.1, 0.15) is 11.4 Å². The first-order chi connectivity index (χ1) is 17.6. The van der Waals surface area contributed by atoms with Gasteiger partial charge in [0.15, 0.2) is 5.82 Å². The van der Waals surface area contributed by atoms with Gasteiger partial charge in [-0.15, -0.1) is 11.3 Å². The van der Waals surface area contributed by atoms with Crippen LogP contribution in [0.1, 0.15) is 26.6 Å². The van der Waals surface area contributed by atoms with Crippen LogP contribution in [0.15, 0.2) is 66.9 Å². The number of fused-ring (bicyclic) bond motifs is 1. The van der Waals surface area contributed by atoms with Crippen molar-refractivity contribution in [3.05, 3.63) is 88.7 Å². The lowest BCUT2D eigenvalue weighted by molar-refractivity contribution is 0.0954. The van der Waals surface area contributed by atoms with E-state index in [0.717, 1.165) is 33.5 Å². The summed E-state index contributed by atoms with van der Waals surface area (Å²) in [5, 5.41) is 8.64. The number of hydrogen-bond acceptors (Lipinski definition) is 7. The molecular formula is C27H25N5O3S. The molecule has 2 aromatic carbocycles. The molecule has 0 atom stereocenters.